The van der Waals surface area contributed by atoms with Crippen LogP contribution in [0.1, 0.15) is 61.5 Å². The number of hydrogen-bond donors (Lipinski definition) is 1. The summed E-state index contributed by atoms with van der Waals surface area (Å²) in [5, 5.41) is 10.1. The zero-order valence-corrected chi connectivity index (χ0v) is 20.2. The highest BCUT2D eigenvalue weighted by Gasteiger charge is 2.16. The number of allylic oxidation sites excluding steroid dienone is 2. The van der Waals surface area contributed by atoms with Crippen LogP contribution < -0.4 is 9.62 Å². The molecule has 0 unspecified atom stereocenters. The van der Waals surface area contributed by atoms with Crippen molar-refractivity contribution < 1.29 is 13.2 Å². The van der Waals surface area contributed by atoms with Crippen LogP contribution in [0.25, 0.3) is 6.08 Å². The number of sulfonamides is 1. The van der Waals surface area contributed by atoms with E-state index in [9.17, 15) is 13.2 Å². The minimum Gasteiger partial charge on any atom is -0.372 e. The van der Waals surface area contributed by atoms with E-state index in [-0.39, 0.29) is 5.78 Å². The summed E-state index contributed by atoms with van der Waals surface area (Å²) in [7, 11) is -3.60. The first-order chi connectivity index (χ1) is 15.8. The number of ketones is 1. The molecule has 0 bridgehead atoms. The zero-order valence-electron chi connectivity index (χ0n) is 19.4. The number of nitrogens with one attached hydrogen (secondary N) is 1. The first-order valence-corrected chi connectivity index (χ1v) is 12.7. The summed E-state index contributed by atoms with van der Waals surface area (Å²) in [5.74, 6) is -0.199. The van der Waals surface area contributed by atoms with Gasteiger partial charge in [0.05, 0.1) is 6.07 Å². The maximum atomic E-state index is 13.3. The van der Waals surface area contributed by atoms with E-state index in [2.05, 4.69) is 9.62 Å². The Bertz CT molecular complexity index is 1140. The van der Waals surface area contributed by atoms with E-state index in [1.807, 2.05) is 45.0 Å². The average Bonchev–Trinajstić information content (AvgIpc) is 2.81. The zero-order chi connectivity index (χ0) is 24.3. The Morgan fingerprint density at radius 2 is 1.79 bits per heavy atom. The number of unbranched alkanes of at least 4 members (excludes halogenated alkanes) is 2. The fourth-order valence-corrected chi connectivity index (χ4v) is 4.28. The summed E-state index contributed by atoms with van der Waals surface area (Å²) in [6.07, 6.45) is 7.24. The van der Waals surface area contributed by atoms with Crippen molar-refractivity contribution in [2.75, 3.05) is 22.7 Å². The quantitative estimate of drug-likeness (QED) is 0.245. The van der Waals surface area contributed by atoms with Crippen LogP contribution in [0.2, 0.25) is 0 Å². The molecule has 174 valence electrons. The largest absolute Gasteiger partial charge is 0.372 e. The average molecular weight is 466 g/mol. The Labute approximate surface area is 197 Å². The van der Waals surface area contributed by atoms with Crippen molar-refractivity contribution in [3.63, 3.8) is 0 Å². The molecule has 0 saturated heterocycles. The SMILES string of the molecule is CCCCC=CS(=O)(=O)Nc1ccc(C(=O)c2cc(N(CC)CC)ccc2C=CC#N)cc1. The van der Waals surface area contributed by atoms with Crippen molar-refractivity contribution in [1.29, 1.82) is 5.26 Å². The topological polar surface area (TPSA) is 90.3 Å². The molecule has 0 fully saturated rings. The van der Waals surface area contributed by atoms with Gasteiger partial charge in [0.25, 0.3) is 10.0 Å². The molecule has 0 aromatic heterocycles. The van der Waals surface area contributed by atoms with Gasteiger partial charge >= 0.3 is 0 Å². The smallest absolute Gasteiger partial charge is 0.254 e. The number of nitrogens with zero attached hydrogens (tertiary/aromatic N) is 2. The molecule has 6 nitrogen and oxygen atoms in total. The predicted octanol–water partition coefficient (Wildman–Crippen LogP) is 5.75. The fourth-order valence-electron chi connectivity index (χ4n) is 3.36. The Hall–Kier alpha value is -3.37. The van der Waals surface area contributed by atoms with Gasteiger partial charge in [-0.15, -0.1) is 0 Å². The molecule has 2 aromatic carbocycles. The second-order valence-electron chi connectivity index (χ2n) is 7.47. The molecule has 0 radical (unpaired) electrons. The third kappa shape index (κ3) is 7.62. The highest BCUT2D eigenvalue weighted by atomic mass is 32.2. The molecule has 0 saturated carbocycles. The van der Waals surface area contributed by atoms with E-state index in [0.29, 0.717) is 28.8 Å². The van der Waals surface area contributed by atoms with Crippen molar-refractivity contribution in [1.82, 2.24) is 0 Å². The van der Waals surface area contributed by atoms with Gasteiger partial charge in [-0.2, -0.15) is 5.26 Å². The number of benzene rings is 2. The van der Waals surface area contributed by atoms with E-state index in [1.54, 1.807) is 36.4 Å². The van der Waals surface area contributed by atoms with Crippen LogP contribution in [0.4, 0.5) is 11.4 Å². The van der Waals surface area contributed by atoms with Crippen LogP contribution in [0.15, 0.2) is 60.0 Å². The second kappa shape index (κ2) is 12.6. The molecule has 0 spiro atoms. The number of anilines is 2. The lowest BCUT2D eigenvalue weighted by Gasteiger charge is -2.22. The first kappa shape index (κ1) is 25.9. The summed E-state index contributed by atoms with van der Waals surface area (Å²) in [4.78, 5) is 15.4. The maximum absolute atomic E-state index is 13.3. The Morgan fingerprint density at radius 1 is 1.09 bits per heavy atom. The highest BCUT2D eigenvalue weighted by Crippen LogP contribution is 2.24. The van der Waals surface area contributed by atoms with Crippen molar-refractivity contribution in [3.8, 4) is 6.07 Å². The lowest BCUT2D eigenvalue weighted by atomic mass is 9.97. The van der Waals surface area contributed by atoms with Crippen LogP contribution >= 0.6 is 0 Å². The molecule has 0 atom stereocenters. The predicted molar refractivity (Wildman–Crippen MR) is 136 cm³/mol. The van der Waals surface area contributed by atoms with E-state index < -0.39 is 10.0 Å². The Kier molecular flexibility index (Phi) is 9.89. The van der Waals surface area contributed by atoms with Gasteiger partial charge in [-0.3, -0.25) is 9.52 Å². The van der Waals surface area contributed by atoms with Gasteiger partial charge in [0.2, 0.25) is 0 Å². The first-order valence-electron chi connectivity index (χ1n) is 11.1. The number of carbonyl (C=O) groups excluding carboxylic acids is 1. The van der Waals surface area contributed by atoms with Crippen LogP contribution in [-0.2, 0) is 10.0 Å². The number of rotatable bonds is 12. The van der Waals surface area contributed by atoms with Crippen LogP contribution in [-0.4, -0.2) is 27.3 Å². The molecule has 33 heavy (non-hydrogen) atoms. The summed E-state index contributed by atoms with van der Waals surface area (Å²) in [6, 6.07) is 13.9. The third-order valence-corrected chi connectivity index (χ3v) is 6.23. The van der Waals surface area contributed by atoms with E-state index in [4.69, 9.17) is 5.26 Å². The highest BCUT2D eigenvalue weighted by molar-refractivity contribution is 7.95. The Balaban J connectivity index is 2.30. The molecule has 2 rings (SSSR count). The molecular formula is C26H31N3O3S. The molecule has 2 aromatic rings. The molecule has 0 aliphatic carbocycles. The molecule has 7 heteroatoms. The number of hydrogen-bond acceptors (Lipinski definition) is 5. The molecule has 0 aliphatic rings. The van der Waals surface area contributed by atoms with Crippen LogP contribution in [0.3, 0.4) is 0 Å². The molecule has 1 N–H and O–H groups in total. The minimum atomic E-state index is -3.60. The van der Waals surface area contributed by atoms with Gasteiger partial charge in [0.1, 0.15) is 0 Å². The minimum absolute atomic E-state index is 0.199. The van der Waals surface area contributed by atoms with Gasteiger partial charge < -0.3 is 4.90 Å². The van der Waals surface area contributed by atoms with E-state index in [0.717, 1.165) is 31.6 Å². The fraction of sp³-hybridized carbons (Fsp3) is 0.308. The molecule has 0 heterocycles. The van der Waals surface area contributed by atoms with Gasteiger partial charge in [-0.1, -0.05) is 31.9 Å². The summed E-state index contributed by atoms with van der Waals surface area (Å²) in [5.41, 5.74) is 2.88. The summed E-state index contributed by atoms with van der Waals surface area (Å²) in [6.45, 7) is 7.76. The standard InChI is InChI=1S/C26H31N3O3S/c1-4-7-8-9-19-33(31,32)28-23-15-12-22(13-16-23)26(30)25-20-24(29(5-2)6-3)17-14-21(25)11-10-18-27/h9-17,19-20,28H,4-8H2,1-3H3. The monoisotopic (exact) mass is 465 g/mol. The summed E-state index contributed by atoms with van der Waals surface area (Å²) >= 11 is 0. The van der Waals surface area contributed by atoms with Gasteiger partial charge in [-0.25, -0.2) is 8.42 Å². The van der Waals surface area contributed by atoms with Gasteiger partial charge in [-0.05, 0) is 68.3 Å². The van der Waals surface area contributed by atoms with Crippen LogP contribution in [0.5, 0.6) is 0 Å². The third-order valence-electron chi connectivity index (χ3n) is 5.15. The maximum Gasteiger partial charge on any atom is 0.254 e. The van der Waals surface area contributed by atoms with Crippen molar-refractivity contribution in [2.24, 2.45) is 0 Å². The lowest BCUT2D eigenvalue weighted by molar-refractivity contribution is 0.103. The van der Waals surface area contributed by atoms with Gasteiger partial charge in [0.15, 0.2) is 5.78 Å². The lowest BCUT2D eigenvalue weighted by Crippen LogP contribution is -2.22. The van der Waals surface area contributed by atoms with Crippen molar-refractivity contribution >= 4 is 33.3 Å². The van der Waals surface area contributed by atoms with E-state index in [1.165, 1.54) is 11.5 Å². The van der Waals surface area contributed by atoms with Crippen molar-refractivity contribution in [3.05, 3.63) is 76.7 Å². The van der Waals surface area contributed by atoms with Gasteiger partial charge in [0, 0.05) is 47.1 Å². The molecular weight excluding hydrogens is 434 g/mol. The number of nitriles is 1. The second-order valence-corrected chi connectivity index (χ2v) is 9.04. The molecule has 0 amide bonds. The molecule has 0 aliphatic heterocycles. The van der Waals surface area contributed by atoms with Crippen LogP contribution in [0, 0.1) is 11.3 Å². The van der Waals surface area contributed by atoms with E-state index >= 15 is 0 Å². The number of carbonyl (C=O) groups is 1. The Morgan fingerprint density at radius 3 is 2.39 bits per heavy atom. The normalized spacial score (nSPS) is 11.6. The van der Waals surface area contributed by atoms with Crippen molar-refractivity contribution in [2.45, 2.75) is 40.0 Å². The summed E-state index contributed by atoms with van der Waals surface area (Å²) < 4.78 is 26.9.